The van der Waals surface area contributed by atoms with E-state index in [4.69, 9.17) is 9.15 Å². The van der Waals surface area contributed by atoms with Gasteiger partial charge in [-0.2, -0.15) is 10.4 Å². The lowest BCUT2D eigenvalue weighted by Gasteiger charge is -2.12. The maximum atomic E-state index is 12.6. The number of nitrogens with zero attached hydrogens (tertiary/aromatic N) is 4. The maximum Gasteiger partial charge on any atom is 0.280 e. The lowest BCUT2D eigenvalue weighted by atomic mass is 10.1. The Hall–Kier alpha value is -4.56. The van der Waals surface area contributed by atoms with Crippen molar-refractivity contribution >= 4 is 17.8 Å². The molecule has 34 heavy (non-hydrogen) atoms. The highest BCUT2D eigenvalue weighted by Crippen LogP contribution is 2.31. The van der Waals surface area contributed by atoms with Gasteiger partial charge in [-0.05, 0) is 43.7 Å². The normalized spacial score (nSPS) is 10.9. The fraction of sp³-hybridized carbons (Fsp3) is 0.217. The molecule has 0 bridgehead atoms. The zero-order valence-electron chi connectivity index (χ0n) is 18.7. The van der Waals surface area contributed by atoms with E-state index in [0.717, 1.165) is 5.56 Å². The number of rotatable bonds is 8. The van der Waals surface area contributed by atoms with Gasteiger partial charge in [0.1, 0.15) is 29.7 Å². The predicted octanol–water partition coefficient (Wildman–Crippen LogP) is 2.80. The molecule has 0 saturated carbocycles. The molecule has 0 saturated heterocycles. The van der Waals surface area contributed by atoms with Crippen LogP contribution >= 0.6 is 0 Å². The summed E-state index contributed by atoms with van der Waals surface area (Å²) in [4.78, 5) is 35.7. The van der Waals surface area contributed by atoms with Gasteiger partial charge in [0.15, 0.2) is 0 Å². The van der Waals surface area contributed by atoms with Gasteiger partial charge in [0.25, 0.3) is 17.2 Å². The second kappa shape index (κ2) is 10.4. The van der Waals surface area contributed by atoms with Crippen LogP contribution in [0.15, 0.2) is 50.7 Å². The Kier molecular flexibility index (Phi) is 7.35. The number of aromatic nitrogens is 1. The highest BCUT2D eigenvalue weighted by atomic mass is 16.6. The first-order valence-corrected chi connectivity index (χ1v) is 10.0. The minimum absolute atomic E-state index is 0.0831. The average molecular weight is 463 g/mol. The Balaban J connectivity index is 1.72. The summed E-state index contributed by atoms with van der Waals surface area (Å²) in [6.07, 6.45) is 1.24. The molecule has 3 rings (SSSR count). The number of carbonyl (C=O) groups excluding carboxylic acids is 1. The number of carbonyl (C=O) groups is 1. The van der Waals surface area contributed by atoms with Crippen LogP contribution in [0.4, 0.5) is 5.69 Å². The summed E-state index contributed by atoms with van der Waals surface area (Å²) in [6, 6.07) is 11.4. The van der Waals surface area contributed by atoms with Crippen LogP contribution in [0.2, 0.25) is 0 Å². The third-order valence-electron chi connectivity index (χ3n) is 4.93. The molecule has 0 radical (unpaired) electrons. The van der Waals surface area contributed by atoms with E-state index in [1.54, 1.807) is 44.2 Å². The number of hydrazone groups is 1. The van der Waals surface area contributed by atoms with Crippen molar-refractivity contribution in [3.63, 3.8) is 0 Å². The minimum Gasteiger partial charge on any atom is -0.455 e. The van der Waals surface area contributed by atoms with Gasteiger partial charge in [-0.1, -0.05) is 6.07 Å². The molecule has 1 aromatic carbocycles. The van der Waals surface area contributed by atoms with Crippen LogP contribution in [0.25, 0.3) is 11.3 Å². The first kappa shape index (κ1) is 24.1. The Morgan fingerprint density at radius 1 is 1.32 bits per heavy atom. The van der Waals surface area contributed by atoms with Gasteiger partial charge < -0.3 is 13.7 Å². The number of nitrogens with one attached hydrogen (secondary N) is 1. The summed E-state index contributed by atoms with van der Waals surface area (Å²) in [5.74, 6) is -0.0539. The van der Waals surface area contributed by atoms with Crippen LogP contribution < -0.4 is 11.0 Å². The van der Waals surface area contributed by atoms with Gasteiger partial charge in [-0.15, -0.1) is 0 Å². The number of hydrogen-bond acceptors (Lipinski definition) is 8. The first-order chi connectivity index (χ1) is 16.2. The Bertz CT molecular complexity index is 1380. The van der Waals surface area contributed by atoms with Gasteiger partial charge in [-0.3, -0.25) is 19.7 Å². The van der Waals surface area contributed by atoms with Crippen LogP contribution in [0.1, 0.15) is 28.1 Å². The summed E-state index contributed by atoms with van der Waals surface area (Å²) >= 11 is 0. The van der Waals surface area contributed by atoms with Crippen molar-refractivity contribution in [1.82, 2.24) is 9.99 Å². The number of aryl methyl sites for hydroxylation is 2. The summed E-state index contributed by atoms with van der Waals surface area (Å²) in [5.41, 5.74) is 3.53. The van der Waals surface area contributed by atoms with Crippen molar-refractivity contribution in [1.29, 1.82) is 5.26 Å². The van der Waals surface area contributed by atoms with E-state index in [-0.39, 0.29) is 35.9 Å². The van der Waals surface area contributed by atoms with Crippen molar-refractivity contribution in [2.24, 2.45) is 5.10 Å². The number of pyridine rings is 1. The maximum absolute atomic E-state index is 12.6. The molecule has 1 N–H and O–H groups in total. The summed E-state index contributed by atoms with van der Waals surface area (Å²) in [5, 5.41) is 24.4. The quantitative estimate of drug-likeness (QED) is 0.306. The van der Waals surface area contributed by atoms with Crippen molar-refractivity contribution in [2.75, 3.05) is 7.11 Å². The van der Waals surface area contributed by atoms with Crippen molar-refractivity contribution in [3.8, 4) is 17.4 Å². The summed E-state index contributed by atoms with van der Waals surface area (Å²) in [6.45, 7) is 3.16. The average Bonchev–Trinajstić information content (AvgIpc) is 3.25. The number of benzene rings is 1. The molecule has 11 heteroatoms. The summed E-state index contributed by atoms with van der Waals surface area (Å²) < 4.78 is 11.8. The molecule has 3 aromatic rings. The molecule has 0 spiro atoms. The van der Waals surface area contributed by atoms with E-state index in [0.29, 0.717) is 16.8 Å². The largest absolute Gasteiger partial charge is 0.455 e. The number of nitriles is 1. The molecule has 0 unspecified atom stereocenters. The second-order valence-electron chi connectivity index (χ2n) is 7.39. The number of methoxy groups -OCH3 is 1. The number of nitro groups is 1. The highest BCUT2D eigenvalue weighted by molar-refractivity contribution is 5.81. The van der Waals surface area contributed by atoms with Crippen LogP contribution in [0.5, 0.6) is 0 Å². The van der Waals surface area contributed by atoms with Crippen LogP contribution in [-0.2, 0) is 22.7 Å². The molecular formula is C23H21N5O6. The molecule has 0 fully saturated rings. The number of furan rings is 1. The molecule has 11 nitrogen and oxygen atoms in total. The standard InChI is InChI=1S/C23H21N5O6/c1-14-4-6-18(20(8-14)28(31)32)21-7-5-17(34-21)11-25-26-22(29)12-27-15(2)9-16(13-33-3)19(10-24)23(27)30/h4-9,11H,12-13H2,1-3H3,(H,26,29)/b25-11+. The number of ether oxygens (including phenoxy) is 1. The van der Waals surface area contributed by atoms with E-state index < -0.39 is 16.4 Å². The van der Waals surface area contributed by atoms with Crippen LogP contribution in [0, 0.1) is 35.3 Å². The van der Waals surface area contributed by atoms with E-state index >= 15 is 0 Å². The fourth-order valence-corrected chi connectivity index (χ4v) is 3.34. The molecule has 2 heterocycles. The van der Waals surface area contributed by atoms with Gasteiger partial charge in [0.2, 0.25) is 0 Å². The third kappa shape index (κ3) is 5.25. The van der Waals surface area contributed by atoms with E-state index in [1.807, 2.05) is 6.07 Å². The molecule has 2 aromatic heterocycles. The Morgan fingerprint density at radius 2 is 2.09 bits per heavy atom. The molecule has 0 atom stereocenters. The van der Waals surface area contributed by atoms with E-state index in [1.165, 1.54) is 24.0 Å². The van der Waals surface area contributed by atoms with Crippen LogP contribution in [-0.4, -0.2) is 28.7 Å². The molecule has 1 amide bonds. The van der Waals surface area contributed by atoms with Gasteiger partial charge in [-0.25, -0.2) is 5.43 Å². The molecular weight excluding hydrogens is 442 g/mol. The second-order valence-corrected chi connectivity index (χ2v) is 7.39. The van der Waals surface area contributed by atoms with Crippen molar-refractivity contribution in [3.05, 3.63) is 85.0 Å². The third-order valence-corrected chi connectivity index (χ3v) is 4.93. The lowest BCUT2D eigenvalue weighted by molar-refractivity contribution is -0.384. The highest BCUT2D eigenvalue weighted by Gasteiger charge is 2.18. The fourth-order valence-electron chi connectivity index (χ4n) is 3.34. The Morgan fingerprint density at radius 3 is 2.76 bits per heavy atom. The van der Waals surface area contributed by atoms with Crippen molar-refractivity contribution < 1.29 is 18.9 Å². The SMILES string of the molecule is COCc1cc(C)n(CC(=O)N/N=C/c2ccc(-c3ccc(C)cc3[N+](=O)[O-])o2)c(=O)c1C#N. The minimum atomic E-state index is -0.593. The van der Waals surface area contributed by atoms with Gasteiger partial charge in [0, 0.05) is 24.4 Å². The van der Waals surface area contributed by atoms with Crippen molar-refractivity contribution in [2.45, 2.75) is 27.0 Å². The molecule has 0 aliphatic carbocycles. The molecule has 0 aliphatic rings. The van der Waals surface area contributed by atoms with E-state index in [9.17, 15) is 25.0 Å². The smallest absolute Gasteiger partial charge is 0.280 e. The zero-order valence-corrected chi connectivity index (χ0v) is 18.7. The zero-order chi connectivity index (χ0) is 24.8. The van der Waals surface area contributed by atoms with Crippen LogP contribution in [0.3, 0.4) is 0 Å². The monoisotopic (exact) mass is 463 g/mol. The number of hydrogen-bond donors (Lipinski definition) is 1. The number of amides is 1. The Labute approximate surface area is 194 Å². The van der Waals surface area contributed by atoms with Gasteiger partial charge in [0.05, 0.1) is 23.3 Å². The first-order valence-electron chi connectivity index (χ1n) is 10.0. The topological polar surface area (TPSA) is 153 Å². The molecule has 0 aliphatic heterocycles. The predicted molar refractivity (Wildman–Crippen MR) is 122 cm³/mol. The van der Waals surface area contributed by atoms with Gasteiger partial charge >= 0.3 is 0 Å². The molecule has 174 valence electrons. The van der Waals surface area contributed by atoms with E-state index in [2.05, 4.69) is 10.5 Å². The summed E-state index contributed by atoms with van der Waals surface area (Å²) in [7, 11) is 1.46. The lowest BCUT2D eigenvalue weighted by Crippen LogP contribution is -2.33. The number of nitro benzene ring substituents is 1.